The van der Waals surface area contributed by atoms with Crippen molar-refractivity contribution < 1.29 is 0 Å². The molecule has 0 aliphatic heterocycles. The van der Waals surface area contributed by atoms with Gasteiger partial charge in [0.1, 0.15) is 10.8 Å². The molecule has 2 N–H and O–H groups in total. The van der Waals surface area contributed by atoms with Crippen LogP contribution < -0.4 is 10.6 Å². The first-order chi connectivity index (χ1) is 7.86. The fourth-order valence-corrected chi connectivity index (χ4v) is 2.58. The lowest BCUT2D eigenvalue weighted by Crippen LogP contribution is -2.25. The number of thioether (sulfide) groups is 1. The maximum Gasteiger partial charge on any atom is 0.109 e. The quantitative estimate of drug-likeness (QED) is 0.571. The summed E-state index contributed by atoms with van der Waals surface area (Å²) in [6.07, 6.45) is 3.29. The molecule has 6 heteroatoms. The SMILES string of the molecule is CNC(=CC#N)NCCSCc1nccs1. The van der Waals surface area contributed by atoms with Crippen LogP contribution in [0.5, 0.6) is 0 Å². The summed E-state index contributed by atoms with van der Waals surface area (Å²) in [6, 6.07) is 1.98. The van der Waals surface area contributed by atoms with Gasteiger partial charge >= 0.3 is 0 Å². The molecule has 1 aromatic rings. The van der Waals surface area contributed by atoms with Crippen LogP contribution in [-0.4, -0.2) is 24.3 Å². The van der Waals surface area contributed by atoms with Gasteiger partial charge in [-0.05, 0) is 0 Å². The number of nitriles is 1. The van der Waals surface area contributed by atoms with Crippen molar-refractivity contribution in [2.45, 2.75) is 5.75 Å². The van der Waals surface area contributed by atoms with Gasteiger partial charge in [0.05, 0.1) is 12.1 Å². The summed E-state index contributed by atoms with van der Waals surface area (Å²) in [4.78, 5) is 4.21. The zero-order chi connectivity index (χ0) is 11.6. The Labute approximate surface area is 104 Å². The Balaban J connectivity index is 2.08. The van der Waals surface area contributed by atoms with Gasteiger partial charge in [-0.1, -0.05) is 0 Å². The van der Waals surface area contributed by atoms with Crippen LogP contribution in [0, 0.1) is 11.3 Å². The van der Waals surface area contributed by atoms with E-state index < -0.39 is 0 Å². The second-order valence-corrected chi connectivity index (χ2v) is 4.93. The van der Waals surface area contributed by atoms with E-state index in [0.717, 1.165) is 28.9 Å². The van der Waals surface area contributed by atoms with E-state index in [1.807, 2.05) is 29.4 Å². The minimum absolute atomic E-state index is 0.761. The Morgan fingerprint density at radius 2 is 2.62 bits per heavy atom. The third-order valence-electron chi connectivity index (χ3n) is 1.75. The average Bonchev–Trinajstić information content (AvgIpc) is 2.80. The number of hydrogen-bond donors (Lipinski definition) is 2. The van der Waals surface area contributed by atoms with Crippen molar-refractivity contribution >= 4 is 23.1 Å². The topological polar surface area (TPSA) is 60.7 Å². The van der Waals surface area contributed by atoms with Crippen LogP contribution in [0.1, 0.15) is 5.01 Å². The summed E-state index contributed by atoms with van der Waals surface area (Å²) in [7, 11) is 1.79. The number of allylic oxidation sites excluding steroid dienone is 1. The molecule has 0 aliphatic rings. The molecule has 0 fully saturated rings. The molecular weight excluding hydrogens is 240 g/mol. The van der Waals surface area contributed by atoms with E-state index >= 15 is 0 Å². The molecule has 0 bridgehead atoms. The molecule has 4 nitrogen and oxygen atoms in total. The van der Waals surface area contributed by atoms with Gasteiger partial charge in [-0.25, -0.2) is 4.98 Å². The number of nitrogens with zero attached hydrogens (tertiary/aromatic N) is 2. The lowest BCUT2D eigenvalue weighted by molar-refractivity contribution is 0.771. The first-order valence-electron chi connectivity index (χ1n) is 4.84. The van der Waals surface area contributed by atoms with E-state index in [0.29, 0.717) is 0 Å². The second kappa shape index (κ2) is 8.02. The van der Waals surface area contributed by atoms with Crippen LogP contribution >= 0.6 is 23.1 Å². The normalized spacial score (nSPS) is 10.9. The van der Waals surface area contributed by atoms with Crippen molar-refractivity contribution in [2.24, 2.45) is 0 Å². The van der Waals surface area contributed by atoms with Gasteiger partial charge in [0.25, 0.3) is 0 Å². The Kier molecular flexibility index (Phi) is 6.45. The van der Waals surface area contributed by atoms with E-state index in [9.17, 15) is 0 Å². The Hall–Kier alpha value is -1.19. The molecule has 0 unspecified atom stereocenters. The standard InChI is InChI=1S/C10H14N4S2/c1-12-9(2-3-11)13-4-6-15-8-10-14-5-7-16-10/h2,5,7,12-13H,4,6,8H2,1H3. The highest BCUT2D eigenvalue weighted by Crippen LogP contribution is 2.13. The third kappa shape index (κ3) is 5.05. The predicted molar refractivity (Wildman–Crippen MR) is 69.0 cm³/mol. The first-order valence-corrected chi connectivity index (χ1v) is 6.87. The summed E-state index contributed by atoms with van der Waals surface area (Å²) in [5, 5.41) is 17.7. The van der Waals surface area contributed by atoms with Gasteiger partial charge in [-0.3, -0.25) is 0 Å². The van der Waals surface area contributed by atoms with Crippen molar-refractivity contribution in [2.75, 3.05) is 19.3 Å². The number of rotatable bonds is 7. The van der Waals surface area contributed by atoms with Crippen molar-refractivity contribution in [1.29, 1.82) is 5.26 Å². The van der Waals surface area contributed by atoms with Gasteiger partial charge in [0.2, 0.25) is 0 Å². The van der Waals surface area contributed by atoms with Crippen LogP contribution in [0.2, 0.25) is 0 Å². The minimum Gasteiger partial charge on any atom is -0.374 e. The zero-order valence-electron chi connectivity index (χ0n) is 9.06. The molecular formula is C10H14N4S2. The first kappa shape index (κ1) is 12.9. The third-order valence-corrected chi connectivity index (χ3v) is 3.68. The van der Waals surface area contributed by atoms with Crippen molar-refractivity contribution in [3.8, 4) is 6.07 Å². The Morgan fingerprint density at radius 3 is 3.25 bits per heavy atom. The van der Waals surface area contributed by atoms with E-state index in [-0.39, 0.29) is 0 Å². The van der Waals surface area contributed by atoms with Gasteiger partial charge < -0.3 is 10.6 Å². The van der Waals surface area contributed by atoms with Crippen LogP contribution in [0.4, 0.5) is 0 Å². The maximum atomic E-state index is 8.48. The fraction of sp³-hybridized carbons (Fsp3) is 0.400. The molecule has 0 radical (unpaired) electrons. The van der Waals surface area contributed by atoms with Gasteiger partial charge in [-0.2, -0.15) is 17.0 Å². The average molecular weight is 254 g/mol. The highest BCUT2D eigenvalue weighted by Gasteiger charge is 1.96. The van der Waals surface area contributed by atoms with E-state index in [1.165, 1.54) is 6.08 Å². The highest BCUT2D eigenvalue weighted by atomic mass is 32.2. The monoisotopic (exact) mass is 254 g/mol. The largest absolute Gasteiger partial charge is 0.374 e. The van der Waals surface area contributed by atoms with Crippen molar-refractivity contribution in [3.05, 3.63) is 28.5 Å². The lowest BCUT2D eigenvalue weighted by Gasteiger charge is -2.08. The molecule has 1 rings (SSSR count). The molecule has 0 aliphatic carbocycles. The summed E-state index contributed by atoms with van der Waals surface area (Å²) in [5.74, 6) is 2.71. The molecule has 0 amide bonds. The summed E-state index contributed by atoms with van der Waals surface area (Å²) in [6.45, 7) is 0.838. The van der Waals surface area contributed by atoms with Gasteiger partial charge in [0, 0.05) is 36.7 Å². The lowest BCUT2D eigenvalue weighted by atomic mass is 10.5. The minimum atomic E-state index is 0.761. The van der Waals surface area contributed by atoms with Crippen LogP contribution in [0.15, 0.2) is 23.5 Å². The number of aromatic nitrogens is 1. The van der Waals surface area contributed by atoms with E-state index in [2.05, 4.69) is 15.6 Å². The van der Waals surface area contributed by atoms with E-state index in [1.54, 1.807) is 18.4 Å². The molecule has 1 aromatic heterocycles. The zero-order valence-corrected chi connectivity index (χ0v) is 10.7. The van der Waals surface area contributed by atoms with Crippen LogP contribution in [0.25, 0.3) is 0 Å². The predicted octanol–water partition coefficient (Wildman–Crippen LogP) is 1.55. The molecule has 16 heavy (non-hydrogen) atoms. The summed E-state index contributed by atoms with van der Waals surface area (Å²) in [5.41, 5.74) is 0. The van der Waals surface area contributed by atoms with Crippen LogP contribution in [0.3, 0.4) is 0 Å². The van der Waals surface area contributed by atoms with Gasteiger partial charge in [-0.15, -0.1) is 11.3 Å². The number of thiazole rings is 1. The number of nitrogens with one attached hydrogen (secondary N) is 2. The van der Waals surface area contributed by atoms with E-state index in [4.69, 9.17) is 5.26 Å². The maximum absolute atomic E-state index is 8.48. The Morgan fingerprint density at radius 1 is 1.75 bits per heavy atom. The molecule has 0 saturated heterocycles. The smallest absolute Gasteiger partial charge is 0.109 e. The summed E-state index contributed by atoms with van der Waals surface area (Å²) >= 11 is 3.51. The molecule has 0 spiro atoms. The van der Waals surface area contributed by atoms with Crippen molar-refractivity contribution in [1.82, 2.24) is 15.6 Å². The molecule has 0 aromatic carbocycles. The molecule has 0 atom stereocenters. The highest BCUT2D eigenvalue weighted by molar-refractivity contribution is 7.98. The van der Waals surface area contributed by atoms with Crippen molar-refractivity contribution in [3.63, 3.8) is 0 Å². The van der Waals surface area contributed by atoms with Gasteiger partial charge in [0.15, 0.2) is 0 Å². The number of hydrogen-bond acceptors (Lipinski definition) is 6. The summed E-state index contributed by atoms with van der Waals surface area (Å²) < 4.78 is 0. The van der Waals surface area contributed by atoms with Crippen LogP contribution in [-0.2, 0) is 5.75 Å². The molecule has 86 valence electrons. The molecule has 0 saturated carbocycles. The second-order valence-electron chi connectivity index (χ2n) is 2.84. The fourth-order valence-electron chi connectivity index (χ4n) is 1.02. The molecule has 1 heterocycles. The Bertz CT molecular complexity index is 353.